The van der Waals surface area contributed by atoms with E-state index in [0.29, 0.717) is 19.4 Å². The minimum Gasteiger partial charge on any atom is -0.323 e. The van der Waals surface area contributed by atoms with Crippen LogP contribution in [0.1, 0.15) is 58.8 Å². The summed E-state index contributed by atoms with van der Waals surface area (Å²) in [6, 6.07) is 0. The fraction of sp³-hybridized carbons (Fsp3) is 0.714. The van der Waals surface area contributed by atoms with Crippen LogP contribution in [-0.4, -0.2) is 30.0 Å². The average molecular weight is 267 g/mol. The number of ketones is 2. The molecule has 0 unspecified atom stereocenters. The van der Waals surface area contributed by atoms with Crippen molar-refractivity contribution in [3.63, 3.8) is 0 Å². The van der Waals surface area contributed by atoms with Gasteiger partial charge in [-0.05, 0) is 46.0 Å². The molecule has 19 heavy (non-hydrogen) atoms. The maximum Gasteiger partial charge on any atom is 0.129 e. The van der Waals surface area contributed by atoms with Gasteiger partial charge in [-0.3, -0.25) is 4.99 Å². The zero-order valence-electron chi connectivity index (χ0n) is 12.0. The first-order valence-electron chi connectivity index (χ1n) is 6.81. The molecule has 0 spiro atoms. The van der Waals surface area contributed by atoms with Crippen LogP contribution in [-0.2, 0) is 9.59 Å². The smallest absolute Gasteiger partial charge is 0.129 e. The van der Waals surface area contributed by atoms with E-state index in [9.17, 15) is 9.59 Å². The van der Waals surface area contributed by atoms with Crippen LogP contribution < -0.4 is 5.84 Å². The second-order valence-corrected chi connectivity index (χ2v) is 4.72. The topological polar surface area (TPSA) is 84.9 Å². The van der Waals surface area contributed by atoms with Crippen molar-refractivity contribution in [3.05, 3.63) is 0 Å². The Bertz CT molecular complexity index is 336. The van der Waals surface area contributed by atoms with Crippen LogP contribution in [0, 0.1) is 0 Å². The Balaban J connectivity index is 3.68. The van der Waals surface area contributed by atoms with Gasteiger partial charge < -0.3 is 15.4 Å². The molecule has 5 nitrogen and oxygen atoms in total. The lowest BCUT2D eigenvalue weighted by atomic mass is 10.1. The van der Waals surface area contributed by atoms with Crippen molar-refractivity contribution < 1.29 is 9.59 Å². The number of nitrogens with zero attached hydrogens (tertiary/aromatic N) is 2. The summed E-state index contributed by atoms with van der Waals surface area (Å²) in [6.45, 7) is 3.89. The lowest BCUT2D eigenvalue weighted by Gasteiger charge is -1.99. The van der Waals surface area contributed by atoms with Crippen LogP contribution in [0.15, 0.2) is 10.1 Å². The average Bonchev–Trinajstić information content (AvgIpc) is 2.35. The number of hydrazone groups is 1. The predicted molar refractivity (Wildman–Crippen MR) is 78.7 cm³/mol. The molecule has 5 heteroatoms. The van der Waals surface area contributed by atoms with Crippen LogP contribution >= 0.6 is 0 Å². The number of carbonyl (C=O) groups excluding carboxylic acids is 2. The number of carbonyl (C=O) groups is 2. The molecule has 0 aliphatic rings. The lowest BCUT2D eigenvalue weighted by Crippen LogP contribution is -2.05. The third kappa shape index (κ3) is 12.7. The van der Waals surface area contributed by atoms with Crippen LogP contribution in [0.3, 0.4) is 0 Å². The molecule has 0 saturated heterocycles. The Labute approximate surface area is 115 Å². The second-order valence-electron chi connectivity index (χ2n) is 4.72. The Kier molecular flexibility index (Phi) is 10.6. The van der Waals surface area contributed by atoms with E-state index in [4.69, 9.17) is 5.84 Å². The Morgan fingerprint density at radius 1 is 0.947 bits per heavy atom. The van der Waals surface area contributed by atoms with E-state index in [-0.39, 0.29) is 11.6 Å². The maximum atomic E-state index is 10.8. The second kappa shape index (κ2) is 11.6. The van der Waals surface area contributed by atoms with Gasteiger partial charge >= 0.3 is 0 Å². The summed E-state index contributed by atoms with van der Waals surface area (Å²) in [5, 5.41) is 3.68. The molecule has 0 aromatic carbocycles. The van der Waals surface area contributed by atoms with Gasteiger partial charge in [0.2, 0.25) is 0 Å². The minimum atomic E-state index is 0.213. The van der Waals surface area contributed by atoms with Gasteiger partial charge in [-0.15, -0.1) is 0 Å². The van der Waals surface area contributed by atoms with Gasteiger partial charge in [0.15, 0.2) is 0 Å². The van der Waals surface area contributed by atoms with Gasteiger partial charge in [0.1, 0.15) is 11.6 Å². The van der Waals surface area contributed by atoms with Gasteiger partial charge in [-0.1, -0.05) is 0 Å². The molecular formula is C14H25N3O2. The molecule has 2 N–H and O–H groups in total. The van der Waals surface area contributed by atoms with Crippen molar-refractivity contribution >= 4 is 23.5 Å². The summed E-state index contributed by atoms with van der Waals surface area (Å²) in [6.07, 6.45) is 7.21. The highest BCUT2D eigenvalue weighted by Gasteiger charge is 1.98. The van der Waals surface area contributed by atoms with Crippen LogP contribution in [0.5, 0.6) is 0 Å². The first kappa shape index (κ1) is 17.5. The number of aliphatic imine (C=N–C) groups is 1. The molecule has 0 aliphatic heterocycles. The van der Waals surface area contributed by atoms with E-state index in [1.165, 1.54) is 0 Å². The van der Waals surface area contributed by atoms with Crippen molar-refractivity contribution in [1.29, 1.82) is 0 Å². The number of unbranched alkanes of at least 4 members (excludes halogenated alkanes) is 2. The SMILES string of the molecule is CC(=O)CCCCN=CC(CCCCC(C)=O)=NN. The lowest BCUT2D eigenvalue weighted by molar-refractivity contribution is -0.117. The Morgan fingerprint density at radius 2 is 1.47 bits per heavy atom. The molecule has 0 rings (SSSR count). The number of hydrogen-bond donors (Lipinski definition) is 1. The van der Waals surface area contributed by atoms with Gasteiger partial charge in [-0.2, -0.15) is 5.10 Å². The summed E-state index contributed by atoms with van der Waals surface area (Å²) in [5.74, 6) is 5.71. The fourth-order valence-electron chi connectivity index (χ4n) is 1.59. The first-order chi connectivity index (χ1) is 9.06. The molecule has 0 heterocycles. The van der Waals surface area contributed by atoms with E-state index in [1.54, 1.807) is 20.1 Å². The van der Waals surface area contributed by atoms with Gasteiger partial charge in [0.05, 0.1) is 5.71 Å². The van der Waals surface area contributed by atoms with E-state index in [1.807, 2.05) is 0 Å². The first-order valence-corrected chi connectivity index (χ1v) is 6.81. The highest BCUT2D eigenvalue weighted by atomic mass is 16.1. The number of hydrogen-bond acceptors (Lipinski definition) is 5. The largest absolute Gasteiger partial charge is 0.323 e. The van der Waals surface area contributed by atoms with Crippen molar-refractivity contribution in [2.24, 2.45) is 15.9 Å². The Morgan fingerprint density at radius 3 is 2.00 bits per heavy atom. The molecule has 0 aromatic heterocycles. The number of rotatable bonds is 11. The zero-order chi connectivity index (χ0) is 14.5. The molecule has 0 radical (unpaired) electrons. The highest BCUT2D eigenvalue weighted by Crippen LogP contribution is 2.01. The van der Waals surface area contributed by atoms with Gasteiger partial charge in [0, 0.05) is 25.6 Å². The molecule has 0 fully saturated rings. The van der Waals surface area contributed by atoms with Gasteiger partial charge in [0.25, 0.3) is 0 Å². The summed E-state index contributed by atoms with van der Waals surface area (Å²) in [5.41, 5.74) is 0.759. The van der Waals surface area contributed by atoms with Crippen LogP contribution in [0.2, 0.25) is 0 Å². The quantitative estimate of drug-likeness (QED) is 0.270. The van der Waals surface area contributed by atoms with Crippen LogP contribution in [0.4, 0.5) is 0 Å². The summed E-state index contributed by atoms with van der Waals surface area (Å²) >= 11 is 0. The standard InChI is InChI=1S/C14H25N3O2/c1-12(18)7-3-4-9-14(17-15)11-16-10-6-5-8-13(2)19/h11H,3-10,15H2,1-2H3. The molecule has 0 aromatic rings. The van der Waals surface area contributed by atoms with Crippen molar-refractivity contribution in [1.82, 2.24) is 0 Å². The molecule has 0 saturated carbocycles. The van der Waals surface area contributed by atoms with E-state index in [2.05, 4.69) is 10.1 Å². The molecule has 0 amide bonds. The molecule has 0 atom stereocenters. The molecular weight excluding hydrogens is 242 g/mol. The predicted octanol–water partition coefficient (Wildman–Crippen LogP) is 2.28. The van der Waals surface area contributed by atoms with Crippen molar-refractivity contribution in [2.45, 2.75) is 58.8 Å². The summed E-state index contributed by atoms with van der Waals surface area (Å²) < 4.78 is 0. The molecule has 108 valence electrons. The molecule has 0 aliphatic carbocycles. The summed E-state index contributed by atoms with van der Waals surface area (Å²) in [4.78, 5) is 25.7. The normalized spacial score (nSPS) is 12.0. The van der Waals surface area contributed by atoms with Gasteiger partial charge in [-0.25, -0.2) is 0 Å². The van der Waals surface area contributed by atoms with E-state index < -0.39 is 0 Å². The monoisotopic (exact) mass is 267 g/mol. The maximum absolute atomic E-state index is 10.8. The van der Waals surface area contributed by atoms with E-state index in [0.717, 1.165) is 37.8 Å². The highest BCUT2D eigenvalue weighted by molar-refractivity contribution is 6.30. The third-order valence-corrected chi connectivity index (χ3v) is 2.68. The fourth-order valence-corrected chi connectivity index (χ4v) is 1.59. The third-order valence-electron chi connectivity index (χ3n) is 2.68. The van der Waals surface area contributed by atoms with Crippen molar-refractivity contribution in [3.8, 4) is 0 Å². The Hall–Kier alpha value is -1.52. The number of nitrogens with two attached hydrogens (primary N) is 1. The zero-order valence-corrected chi connectivity index (χ0v) is 12.0. The van der Waals surface area contributed by atoms with Crippen LogP contribution in [0.25, 0.3) is 0 Å². The number of Topliss-reactive ketones (excluding diaryl/α,β-unsaturated/α-hetero) is 2. The van der Waals surface area contributed by atoms with Crippen molar-refractivity contribution in [2.75, 3.05) is 6.54 Å². The summed E-state index contributed by atoms with van der Waals surface area (Å²) in [7, 11) is 0. The minimum absolute atomic E-state index is 0.213. The van der Waals surface area contributed by atoms with E-state index >= 15 is 0 Å². The molecule has 0 bridgehead atoms.